The van der Waals surface area contributed by atoms with Crippen LogP contribution in [-0.4, -0.2) is 46.9 Å². The van der Waals surface area contributed by atoms with E-state index in [1.165, 1.54) is 6.33 Å². The van der Waals surface area contributed by atoms with Crippen molar-refractivity contribution in [2.75, 3.05) is 19.7 Å². The molecule has 1 atom stereocenters. The standard InChI is InChI=1S/C17H24N6O.HI/c1-2-18-17(20-11-15-7-4-8-24-15)19-10-13-5-3-6-14(9-13)16-21-12-22-23-16;/h3,5-6,9,12,15H,2,4,7-8,10-11H2,1H3,(H2,18,19,20)(H,21,22,23);1H. The second-order valence-electron chi connectivity index (χ2n) is 5.75. The highest BCUT2D eigenvalue weighted by Crippen LogP contribution is 2.16. The minimum atomic E-state index is 0. The molecule has 7 nitrogen and oxygen atoms in total. The maximum atomic E-state index is 5.64. The molecular weight excluding hydrogens is 431 g/mol. The lowest BCUT2D eigenvalue weighted by atomic mass is 10.1. The van der Waals surface area contributed by atoms with E-state index in [0.717, 1.165) is 55.4 Å². The highest BCUT2D eigenvalue weighted by Gasteiger charge is 2.15. The number of guanidine groups is 1. The summed E-state index contributed by atoms with van der Waals surface area (Å²) < 4.78 is 5.64. The Morgan fingerprint density at radius 3 is 3.04 bits per heavy atom. The van der Waals surface area contributed by atoms with Crippen LogP contribution in [0, 0.1) is 0 Å². The molecule has 2 aromatic rings. The molecule has 0 radical (unpaired) electrons. The van der Waals surface area contributed by atoms with Crippen molar-refractivity contribution in [2.24, 2.45) is 4.99 Å². The first-order valence-electron chi connectivity index (χ1n) is 8.43. The Kier molecular flexibility index (Phi) is 8.13. The van der Waals surface area contributed by atoms with Gasteiger partial charge in [0.1, 0.15) is 6.33 Å². The number of H-pyrrole nitrogens is 1. The molecule has 1 aromatic heterocycles. The molecule has 0 bridgehead atoms. The second-order valence-corrected chi connectivity index (χ2v) is 5.75. The van der Waals surface area contributed by atoms with Gasteiger partial charge in [0.25, 0.3) is 0 Å². The number of nitrogens with one attached hydrogen (secondary N) is 3. The van der Waals surface area contributed by atoms with Gasteiger partial charge in [-0.15, -0.1) is 24.0 Å². The molecule has 1 aliphatic rings. The van der Waals surface area contributed by atoms with E-state index in [9.17, 15) is 0 Å². The van der Waals surface area contributed by atoms with E-state index in [2.05, 4.69) is 49.9 Å². The van der Waals surface area contributed by atoms with Crippen molar-refractivity contribution < 1.29 is 4.74 Å². The van der Waals surface area contributed by atoms with E-state index >= 15 is 0 Å². The molecule has 2 heterocycles. The number of aliphatic imine (C=N–C) groups is 1. The zero-order valence-electron chi connectivity index (χ0n) is 14.4. The maximum Gasteiger partial charge on any atom is 0.191 e. The first-order valence-corrected chi connectivity index (χ1v) is 8.43. The van der Waals surface area contributed by atoms with E-state index in [4.69, 9.17) is 4.74 Å². The van der Waals surface area contributed by atoms with E-state index in [0.29, 0.717) is 12.6 Å². The molecule has 1 unspecified atom stereocenters. The highest BCUT2D eigenvalue weighted by atomic mass is 127. The van der Waals surface area contributed by atoms with Gasteiger partial charge in [-0.25, -0.2) is 9.98 Å². The number of hydrogen-bond donors (Lipinski definition) is 3. The van der Waals surface area contributed by atoms with Crippen LogP contribution in [0.5, 0.6) is 0 Å². The number of hydrogen-bond acceptors (Lipinski definition) is 4. The van der Waals surface area contributed by atoms with E-state index < -0.39 is 0 Å². The Bertz CT molecular complexity index is 655. The Morgan fingerprint density at radius 1 is 1.40 bits per heavy atom. The van der Waals surface area contributed by atoms with Crippen molar-refractivity contribution in [1.29, 1.82) is 0 Å². The average Bonchev–Trinajstić information content (AvgIpc) is 3.31. The van der Waals surface area contributed by atoms with Crippen molar-refractivity contribution in [3.05, 3.63) is 36.2 Å². The molecule has 25 heavy (non-hydrogen) atoms. The molecule has 0 aliphatic carbocycles. The topological polar surface area (TPSA) is 87.2 Å². The minimum absolute atomic E-state index is 0. The summed E-state index contributed by atoms with van der Waals surface area (Å²) >= 11 is 0. The lowest BCUT2D eigenvalue weighted by Gasteiger charge is -2.14. The van der Waals surface area contributed by atoms with Crippen molar-refractivity contribution in [3.63, 3.8) is 0 Å². The number of aromatic amines is 1. The van der Waals surface area contributed by atoms with Gasteiger partial charge in [0, 0.05) is 25.3 Å². The Balaban J connectivity index is 0.00000225. The van der Waals surface area contributed by atoms with Gasteiger partial charge in [0.15, 0.2) is 11.8 Å². The van der Waals surface area contributed by atoms with Crippen LogP contribution in [0.25, 0.3) is 11.4 Å². The molecule has 0 amide bonds. The fourth-order valence-electron chi connectivity index (χ4n) is 2.69. The summed E-state index contributed by atoms with van der Waals surface area (Å²) in [7, 11) is 0. The van der Waals surface area contributed by atoms with Crippen LogP contribution < -0.4 is 10.6 Å². The number of rotatable bonds is 6. The first-order chi connectivity index (χ1) is 11.8. The molecule has 0 spiro atoms. The number of ether oxygens (including phenoxy) is 1. The first kappa shape index (κ1) is 19.6. The molecule has 136 valence electrons. The largest absolute Gasteiger partial charge is 0.376 e. The summed E-state index contributed by atoms with van der Waals surface area (Å²) in [6.07, 6.45) is 4.07. The number of halogens is 1. The summed E-state index contributed by atoms with van der Waals surface area (Å²) in [5, 5.41) is 13.4. The molecule has 3 rings (SSSR count). The monoisotopic (exact) mass is 456 g/mol. The Hall–Kier alpha value is -1.68. The lowest BCUT2D eigenvalue weighted by molar-refractivity contribution is 0.114. The zero-order valence-corrected chi connectivity index (χ0v) is 16.7. The molecule has 1 aromatic carbocycles. The average molecular weight is 456 g/mol. The van der Waals surface area contributed by atoms with Crippen LogP contribution >= 0.6 is 24.0 Å². The molecular formula is C17H25IN6O. The van der Waals surface area contributed by atoms with Gasteiger partial charge in [-0.3, -0.25) is 5.10 Å². The third kappa shape index (κ3) is 5.96. The number of benzene rings is 1. The molecule has 8 heteroatoms. The van der Waals surface area contributed by atoms with E-state index in [1.807, 2.05) is 12.1 Å². The smallest absolute Gasteiger partial charge is 0.191 e. The van der Waals surface area contributed by atoms with Crippen LogP contribution in [-0.2, 0) is 11.3 Å². The van der Waals surface area contributed by atoms with Crippen molar-refractivity contribution in [2.45, 2.75) is 32.4 Å². The predicted molar refractivity (Wildman–Crippen MR) is 109 cm³/mol. The summed E-state index contributed by atoms with van der Waals surface area (Å²) in [5.74, 6) is 1.59. The minimum Gasteiger partial charge on any atom is -0.376 e. The molecule has 0 saturated carbocycles. The summed E-state index contributed by atoms with van der Waals surface area (Å²) in [6, 6.07) is 8.16. The molecule has 1 aliphatic heterocycles. The van der Waals surface area contributed by atoms with Gasteiger partial charge < -0.3 is 15.4 Å². The normalized spacial score (nSPS) is 17.2. The lowest BCUT2D eigenvalue weighted by Crippen LogP contribution is -2.41. The summed E-state index contributed by atoms with van der Waals surface area (Å²) in [6.45, 7) is 5.16. The van der Waals surface area contributed by atoms with Crippen molar-refractivity contribution in [1.82, 2.24) is 25.8 Å². The van der Waals surface area contributed by atoms with Crippen LogP contribution in [0.4, 0.5) is 0 Å². The predicted octanol–water partition coefficient (Wildman–Crippen LogP) is 2.32. The summed E-state index contributed by atoms with van der Waals surface area (Å²) in [5.41, 5.74) is 2.13. The fraction of sp³-hybridized carbons (Fsp3) is 0.471. The Morgan fingerprint density at radius 2 is 2.32 bits per heavy atom. The fourth-order valence-corrected chi connectivity index (χ4v) is 2.69. The molecule has 1 fully saturated rings. The van der Waals surface area contributed by atoms with Crippen molar-refractivity contribution >= 4 is 29.9 Å². The van der Waals surface area contributed by atoms with Crippen LogP contribution in [0.2, 0.25) is 0 Å². The number of nitrogens with zero attached hydrogens (tertiary/aromatic N) is 3. The zero-order chi connectivity index (χ0) is 16.6. The second kappa shape index (κ2) is 10.3. The Labute approximate surface area is 165 Å². The molecule has 1 saturated heterocycles. The van der Waals surface area contributed by atoms with E-state index in [1.54, 1.807) is 0 Å². The quantitative estimate of drug-likeness (QED) is 0.353. The van der Waals surface area contributed by atoms with E-state index in [-0.39, 0.29) is 24.0 Å². The van der Waals surface area contributed by atoms with Crippen molar-refractivity contribution in [3.8, 4) is 11.4 Å². The third-order valence-electron chi connectivity index (χ3n) is 3.90. The highest BCUT2D eigenvalue weighted by molar-refractivity contribution is 14.0. The summed E-state index contributed by atoms with van der Waals surface area (Å²) in [4.78, 5) is 8.84. The molecule has 3 N–H and O–H groups in total. The van der Waals surface area contributed by atoms with Gasteiger partial charge in [-0.2, -0.15) is 5.10 Å². The maximum absolute atomic E-state index is 5.64. The number of aromatic nitrogens is 3. The van der Waals surface area contributed by atoms with Gasteiger partial charge in [0.05, 0.1) is 12.6 Å². The van der Waals surface area contributed by atoms with Gasteiger partial charge >= 0.3 is 0 Å². The van der Waals surface area contributed by atoms with Crippen LogP contribution in [0.1, 0.15) is 25.3 Å². The third-order valence-corrected chi connectivity index (χ3v) is 3.90. The van der Waals surface area contributed by atoms with Gasteiger partial charge in [-0.1, -0.05) is 18.2 Å². The SMILES string of the molecule is CCNC(=NCc1cccc(-c2ncn[nH]2)c1)NCC1CCCO1.I. The van der Waals surface area contributed by atoms with Gasteiger partial charge in [0.2, 0.25) is 0 Å². The van der Waals surface area contributed by atoms with Crippen LogP contribution in [0.3, 0.4) is 0 Å². The van der Waals surface area contributed by atoms with Crippen LogP contribution in [0.15, 0.2) is 35.6 Å². The van der Waals surface area contributed by atoms with Gasteiger partial charge in [-0.05, 0) is 31.4 Å².